The number of methoxy groups -OCH3 is 1. The third-order valence-electron chi connectivity index (χ3n) is 6.30. The van der Waals surface area contributed by atoms with E-state index in [1.807, 2.05) is 24.3 Å². The predicted octanol–water partition coefficient (Wildman–Crippen LogP) is 5.13. The van der Waals surface area contributed by atoms with Crippen molar-refractivity contribution < 1.29 is 32.3 Å². The van der Waals surface area contributed by atoms with E-state index in [1.165, 1.54) is 24.1 Å². The van der Waals surface area contributed by atoms with Gasteiger partial charge in [-0.15, -0.1) is 0 Å². The molecule has 2 heterocycles. The number of carbonyl (C=O) groups excluding carboxylic acids is 3. The van der Waals surface area contributed by atoms with Crippen molar-refractivity contribution in [2.75, 3.05) is 17.3 Å². The first-order valence-electron chi connectivity index (χ1n) is 10.8. The smallest absolute Gasteiger partial charge is 0.416 e. The average Bonchev–Trinajstić information content (AvgIpc) is 3.08. The summed E-state index contributed by atoms with van der Waals surface area (Å²) in [4.78, 5) is 39.6. The number of amides is 1. The second kappa shape index (κ2) is 8.26. The standard InChI is InChI=1S/C26H19F3N2O4/c1-35-21(32)12-19-22-17(16-4-2-3-5-18(16)30-19)10-11-20-23(22)24(33)25(34)31(20)13-14-6-8-15(9-7-14)26(27,28)29/h2-11,19,30H,12-13H2,1H3. The third-order valence-corrected chi connectivity index (χ3v) is 6.30. The Kier molecular flexibility index (Phi) is 5.35. The number of halogens is 3. The largest absolute Gasteiger partial charge is 0.469 e. The van der Waals surface area contributed by atoms with Crippen molar-refractivity contribution in [2.24, 2.45) is 0 Å². The van der Waals surface area contributed by atoms with Crippen molar-refractivity contribution in [1.29, 1.82) is 0 Å². The highest BCUT2D eigenvalue weighted by atomic mass is 19.4. The van der Waals surface area contributed by atoms with Gasteiger partial charge in [0.25, 0.3) is 11.7 Å². The van der Waals surface area contributed by atoms with Gasteiger partial charge >= 0.3 is 12.1 Å². The first-order valence-corrected chi connectivity index (χ1v) is 10.8. The van der Waals surface area contributed by atoms with Crippen molar-refractivity contribution in [2.45, 2.75) is 25.2 Å². The van der Waals surface area contributed by atoms with E-state index in [1.54, 1.807) is 12.1 Å². The number of nitrogens with one attached hydrogen (secondary N) is 1. The van der Waals surface area contributed by atoms with Gasteiger partial charge in [0.15, 0.2) is 0 Å². The van der Waals surface area contributed by atoms with Gasteiger partial charge in [0.1, 0.15) is 0 Å². The molecular weight excluding hydrogens is 461 g/mol. The van der Waals surface area contributed by atoms with Crippen molar-refractivity contribution in [3.8, 4) is 11.1 Å². The summed E-state index contributed by atoms with van der Waals surface area (Å²) in [6.07, 6.45) is -4.53. The molecular formula is C26H19F3N2O4. The molecule has 6 nitrogen and oxygen atoms in total. The van der Waals surface area contributed by atoms with Crippen LogP contribution < -0.4 is 10.2 Å². The van der Waals surface area contributed by atoms with Crippen LogP contribution >= 0.6 is 0 Å². The molecule has 1 N–H and O–H groups in total. The summed E-state index contributed by atoms with van der Waals surface area (Å²) in [6, 6.07) is 14.7. The van der Waals surface area contributed by atoms with Gasteiger partial charge in [-0.3, -0.25) is 14.4 Å². The second-order valence-electron chi connectivity index (χ2n) is 8.36. The number of rotatable bonds is 4. The number of ketones is 1. The maximum atomic E-state index is 13.2. The lowest BCUT2D eigenvalue weighted by atomic mass is 9.84. The Morgan fingerprint density at radius 2 is 1.71 bits per heavy atom. The third kappa shape index (κ3) is 3.82. The van der Waals surface area contributed by atoms with E-state index in [9.17, 15) is 27.6 Å². The molecule has 178 valence electrons. The number of hydrogen-bond acceptors (Lipinski definition) is 5. The number of carbonyl (C=O) groups is 3. The lowest BCUT2D eigenvalue weighted by Gasteiger charge is -2.31. The van der Waals surface area contributed by atoms with Crippen LogP contribution in [0.1, 0.15) is 39.5 Å². The topological polar surface area (TPSA) is 75.7 Å². The summed E-state index contributed by atoms with van der Waals surface area (Å²) in [7, 11) is 1.27. The molecule has 3 aromatic carbocycles. The van der Waals surface area contributed by atoms with E-state index in [-0.39, 0.29) is 18.5 Å². The number of hydrogen-bond donors (Lipinski definition) is 1. The minimum Gasteiger partial charge on any atom is -0.469 e. The maximum absolute atomic E-state index is 13.2. The van der Waals surface area contributed by atoms with Crippen LogP contribution in [0.2, 0.25) is 0 Å². The fraction of sp³-hybridized carbons (Fsp3) is 0.192. The molecule has 0 aromatic heterocycles. The van der Waals surface area contributed by atoms with Crippen molar-refractivity contribution >= 4 is 29.0 Å². The fourth-order valence-electron chi connectivity index (χ4n) is 4.65. The van der Waals surface area contributed by atoms with Crippen LogP contribution in [0.15, 0.2) is 60.7 Å². The fourth-order valence-corrected chi connectivity index (χ4v) is 4.65. The highest BCUT2D eigenvalue weighted by Crippen LogP contribution is 2.47. The van der Waals surface area contributed by atoms with Gasteiger partial charge in [-0.05, 0) is 41.0 Å². The zero-order valence-electron chi connectivity index (χ0n) is 18.5. The Morgan fingerprint density at radius 1 is 1.00 bits per heavy atom. The summed E-state index contributed by atoms with van der Waals surface area (Å²) in [5.41, 5.74) is 3.06. The van der Waals surface area contributed by atoms with E-state index in [0.717, 1.165) is 28.9 Å². The molecule has 2 aliphatic rings. The molecule has 0 spiro atoms. The van der Waals surface area contributed by atoms with Crippen LogP contribution in [0.3, 0.4) is 0 Å². The summed E-state index contributed by atoms with van der Waals surface area (Å²) >= 11 is 0. The normalized spacial score (nSPS) is 16.3. The highest BCUT2D eigenvalue weighted by Gasteiger charge is 2.42. The van der Waals surface area contributed by atoms with Gasteiger partial charge in [0, 0.05) is 11.3 Å². The molecule has 0 fully saturated rings. The predicted molar refractivity (Wildman–Crippen MR) is 122 cm³/mol. The summed E-state index contributed by atoms with van der Waals surface area (Å²) in [5.74, 6) is -1.98. The zero-order chi connectivity index (χ0) is 24.9. The molecule has 0 radical (unpaired) electrons. The number of para-hydroxylation sites is 1. The number of nitrogens with zero attached hydrogens (tertiary/aromatic N) is 1. The molecule has 0 saturated carbocycles. The van der Waals surface area contributed by atoms with Gasteiger partial charge in [-0.25, -0.2) is 0 Å². The molecule has 0 aliphatic carbocycles. The van der Waals surface area contributed by atoms with Crippen LogP contribution in [0.4, 0.5) is 24.5 Å². The van der Waals surface area contributed by atoms with Gasteiger partial charge < -0.3 is 15.0 Å². The lowest BCUT2D eigenvalue weighted by molar-refractivity contribution is -0.141. The summed E-state index contributed by atoms with van der Waals surface area (Å²) < 4.78 is 43.6. The van der Waals surface area contributed by atoms with Gasteiger partial charge in [-0.2, -0.15) is 13.2 Å². The van der Waals surface area contributed by atoms with Gasteiger partial charge in [0.05, 0.1) is 42.9 Å². The summed E-state index contributed by atoms with van der Waals surface area (Å²) in [5, 5.41) is 3.28. The molecule has 1 unspecified atom stereocenters. The quantitative estimate of drug-likeness (QED) is 0.414. The molecule has 35 heavy (non-hydrogen) atoms. The zero-order valence-corrected chi connectivity index (χ0v) is 18.5. The van der Waals surface area contributed by atoms with Crippen LogP contribution in [-0.2, 0) is 27.0 Å². The van der Waals surface area contributed by atoms with Crippen LogP contribution in [0.5, 0.6) is 0 Å². The summed E-state index contributed by atoms with van der Waals surface area (Å²) in [6.45, 7) is -0.0693. The maximum Gasteiger partial charge on any atom is 0.416 e. The van der Waals surface area contributed by atoms with E-state index in [0.29, 0.717) is 16.8 Å². The van der Waals surface area contributed by atoms with E-state index >= 15 is 0 Å². The van der Waals surface area contributed by atoms with Crippen LogP contribution in [0, 0.1) is 0 Å². The number of alkyl halides is 3. The number of fused-ring (bicyclic) bond motifs is 5. The SMILES string of the molecule is COC(=O)CC1Nc2ccccc2-c2ccc3c(c21)C(=O)C(=O)N3Cc1ccc(C(F)(F)F)cc1. The van der Waals surface area contributed by atoms with Crippen LogP contribution in [0.25, 0.3) is 11.1 Å². The molecule has 3 aromatic rings. The van der Waals surface area contributed by atoms with Gasteiger partial charge in [-0.1, -0.05) is 36.4 Å². The number of ether oxygens (including phenoxy) is 1. The Hall–Kier alpha value is -4.14. The first-order chi connectivity index (χ1) is 16.7. The molecule has 1 atom stereocenters. The molecule has 2 aliphatic heterocycles. The van der Waals surface area contributed by atoms with Crippen molar-refractivity contribution in [3.63, 3.8) is 0 Å². The van der Waals surface area contributed by atoms with E-state index < -0.39 is 35.4 Å². The molecule has 0 saturated heterocycles. The molecule has 1 amide bonds. The van der Waals surface area contributed by atoms with E-state index in [2.05, 4.69) is 5.32 Å². The molecule has 9 heteroatoms. The van der Waals surface area contributed by atoms with Crippen molar-refractivity contribution in [1.82, 2.24) is 0 Å². The van der Waals surface area contributed by atoms with Gasteiger partial charge in [0.2, 0.25) is 0 Å². The number of benzene rings is 3. The first kappa shape index (κ1) is 22.6. The average molecular weight is 480 g/mol. The minimum absolute atomic E-state index is 0.0609. The Morgan fingerprint density at radius 3 is 2.40 bits per heavy atom. The number of Topliss-reactive ketones (excluding diaryl/α,β-unsaturated/α-hetero) is 1. The molecule has 5 rings (SSSR count). The second-order valence-corrected chi connectivity index (χ2v) is 8.36. The highest BCUT2D eigenvalue weighted by molar-refractivity contribution is 6.52. The lowest BCUT2D eigenvalue weighted by Crippen LogP contribution is -2.29. The van der Waals surface area contributed by atoms with Crippen LogP contribution in [-0.4, -0.2) is 24.8 Å². The number of esters is 1. The Balaban J connectivity index is 1.58. The number of anilines is 2. The van der Waals surface area contributed by atoms with Crippen molar-refractivity contribution in [3.05, 3.63) is 82.9 Å². The van der Waals surface area contributed by atoms with E-state index in [4.69, 9.17) is 4.74 Å². The minimum atomic E-state index is -4.47. The monoisotopic (exact) mass is 480 g/mol. The Labute approximate surface area is 198 Å². The molecule has 0 bridgehead atoms. The Bertz CT molecular complexity index is 1370.